The van der Waals surface area contributed by atoms with Gasteiger partial charge in [0.2, 0.25) is 0 Å². The van der Waals surface area contributed by atoms with Crippen LogP contribution in [0.2, 0.25) is 0 Å². The zero-order chi connectivity index (χ0) is 14.0. The predicted octanol–water partition coefficient (Wildman–Crippen LogP) is 0.509. The van der Waals surface area contributed by atoms with Gasteiger partial charge in [-0.3, -0.25) is 0 Å². The number of carboxylic acid groups (broad SMARTS) is 1. The minimum absolute atomic E-state index is 0.427. The normalized spacial score (nSPS) is 30.1. The molecule has 2 amide bonds. The van der Waals surface area contributed by atoms with Crippen LogP contribution in [0.4, 0.5) is 4.79 Å². The molecule has 2 fully saturated rings. The quantitative estimate of drug-likeness (QED) is 0.679. The molecule has 3 N–H and O–H groups in total. The number of nitrogens with zero attached hydrogens (tertiary/aromatic N) is 1. The van der Waals surface area contributed by atoms with Gasteiger partial charge in [0.05, 0.1) is 6.61 Å². The Labute approximate surface area is 112 Å². The molecule has 2 aliphatic rings. The number of aliphatic carboxylic acids is 1. The van der Waals surface area contributed by atoms with E-state index in [1.165, 1.54) is 30.6 Å². The number of hydrogen-bond acceptors (Lipinski definition) is 3. The summed E-state index contributed by atoms with van der Waals surface area (Å²) in [5.41, 5.74) is 0. The van der Waals surface area contributed by atoms with Gasteiger partial charge in [-0.05, 0) is 37.0 Å². The molecule has 0 aromatic rings. The van der Waals surface area contributed by atoms with E-state index in [1.807, 2.05) is 0 Å². The maximum atomic E-state index is 11.9. The molecular weight excluding hydrogens is 248 g/mol. The van der Waals surface area contributed by atoms with E-state index >= 15 is 0 Å². The second-order valence-corrected chi connectivity index (χ2v) is 5.84. The standard InChI is InChI=1S/C13H22N2O4/c1-15(13(19)14-11(7-16)12(17)18)6-10-5-8-2-3-9(10)4-8/h8-11,16H,2-7H2,1H3,(H,14,19)(H,17,18)/t8?,9?,10?,11-/m0/s1. The summed E-state index contributed by atoms with van der Waals surface area (Å²) in [6.45, 7) is 0.0772. The number of carbonyl (C=O) groups is 2. The molecule has 0 saturated heterocycles. The summed E-state index contributed by atoms with van der Waals surface area (Å²) < 4.78 is 0. The molecule has 0 spiro atoms. The minimum atomic E-state index is -1.23. The lowest BCUT2D eigenvalue weighted by molar-refractivity contribution is -0.140. The molecule has 0 aromatic heterocycles. The first-order valence-electron chi connectivity index (χ1n) is 6.86. The van der Waals surface area contributed by atoms with E-state index in [1.54, 1.807) is 7.05 Å². The van der Waals surface area contributed by atoms with Crippen molar-refractivity contribution in [1.82, 2.24) is 10.2 Å². The summed E-state index contributed by atoms with van der Waals surface area (Å²) >= 11 is 0. The van der Waals surface area contributed by atoms with E-state index in [9.17, 15) is 9.59 Å². The third kappa shape index (κ3) is 3.18. The topological polar surface area (TPSA) is 89.9 Å². The summed E-state index contributed by atoms with van der Waals surface area (Å²) in [6.07, 6.45) is 5.06. The number of urea groups is 1. The fraction of sp³-hybridized carbons (Fsp3) is 0.846. The third-order valence-electron chi connectivity index (χ3n) is 4.52. The highest BCUT2D eigenvalue weighted by Gasteiger charge is 2.40. The molecule has 3 unspecified atom stereocenters. The second kappa shape index (κ2) is 5.77. The number of carboxylic acids is 1. The summed E-state index contributed by atoms with van der Waals surface area (Å²) in [5, 5.41) is 20.0. The Morgan fingerprint density at radius 2 is 2.11 bits per heavy atom. The van der Waals surface area contributed by atoms with Crippen molar-refractivity contribution in [3.8, 4) is 0 Å². The first kappa shape index (κ1) is 14.1. The molecular formula is C13H22N2O4. The number of hydrogen-bond donors (Lipinski definition) is 3. The number of aliphatic hydroxyl groups excluding tert-OH is 1. The van der Waals surface area contributed by atoms with Crippen molar-refractivity contribution in [2.24, 2.45) is 17.8 Å². The monoisotopic (exact) mass is 270 g/mol. The summed E-state index contributed by atoms with van der Waals surface area (Å²) in [5.74, 6) is 0.889. The van der Waals surface area contributed by atoms with E-state index in [0.29, 0.717) is 12.5 Å². The van der Waals surface area contributed by atoms with Crippen LogP contribution in [-0.2, 0) is 4.79 Å². The van der Waals surface area contributed by atoms with Gasteiger partial charge < -0.3 is 20.4 Å². The van der Waals surface area contributed by atoms with Gasteiger partial charge in [-0.1, -0.05) is 6.42 Å². The van der Waals surface area contributed by atoms with Crippen molar-refractivity contribution in [3.63, 3.8) is 0 Å². The number of carbonyl (C=O) groups excluding carboxylic acids is 1. The van der Waals surface area contributed by atoms with Crippen LogP contribution in [0.25, 0.3) is 0 Å². The summed E-state index contributed by atoms with van der Waals surface area (Å²) in [7, 11) is 1.68. The number of nitrogens with one attached hydrogen (secondary N) is 1. The highest BCUT2D eigenvalue weighted by molar-refractivity contribution is 5.82. The van der Waals surface area contributed by atoms with Crippen LogP contribution in [0.3, 0.4) is 0 Å². The molecule has 2 aliphatic carbocycles. The van der Waals surface area contributed by atoms with Crippen LogP contribution in [0.5, 0.6) is 0 Å². The van der Waals surface area contributed by atoms with Crippen LogP contribution in [0.1, 0.15) is 25.7 Å². The molecule has 0 heterocycles. The maximum absolute atomic E-state index is 11.9. The Morgan fingerprint density at radius 3 is 2.58 bits per heavy atom. The number of aliphatic hydroxyl groups is 1. The molecule has 0 radical (unpaired) electrons. The fourth-order valence-corrected chi connectivity index (χ4v) is 3.48. The lowest BCUT2D eigenvalue weighted by atomic mass is 9.88. The van der Waals surface area contributed by atoms with Gasteiger partial charge in [-0.15, -0.1) is 0 Å². The Balaban J connectivity index is 1.80. The molecule has 2 rings (SSSR count). The molecule has 0 aliphatic heterocycles. The number of rotatable bonds is 5. The van der Waals surface area contributed by atoms with Gasteiger partial charge >= 0.3 is 12.0 Å². The lowest BCUT2D eigenvalue weighted by Crippen LogP contribution is -2.49. The van der Waals surface area contributed by atoms with Crippen molar-refractivity contribution in [3.05, 3.63) is 0 Å². The molecule has 108 valence electrons. The smallest absolute Gasteiger partial charge is 0.328 e. The summed E-state index contributed by atoms with van der Waals surface area (Å²) in [4.78, 5) is 24.1. The number of amides is 2. The molecule has 6 heteroatoms. The Morgan fingerprint density at radius 1 is 1.37 bits per heavy atom. The fourth-order valence-electron chi connectivity index (χ4n) is 3.48. The lowest BCUT2D eigenvalue weighted by Gasteiger charge is -2.28. The molecule has 2 bridgehead atoms. The molecule has 2 saturated carbocycles. The maximum Gasteiger partial charge on any atom is 0.328 e. The van der Waals surface area contributed by atoms with Gasteiger partial charge in [0.1, 0.15) is 0 Å². The van der Waals surface area contributed by atoms with E-state index in [-0.39, 0.29) is 0 Å². The van der Waals surface area contributed by atoms with Gasteiger partial charge in [0.15, 0.2) is 6.04 Å². The molecule has 19 heavy (non-hydrogen) atoms. The van der Waals surface area contributed by atoms with E-state index in [0.717, 1.165) is 11.8 Å². The van der Waals surface area contributed by atoms with Crippen LogP contribution < -0.4 is 5.32 Å². The van der Waals surface area contributed by atoms with Crippen molar-refractivity contribution in [2.45, 2.75) is 31.7 Å². The third-order valence-corrected chi connectivity index (χ3v) is 4.52. The largest absolute Gasteiger partial charge is 0.480 e. The van der Waals surface area contributed by atoms with Crippen LogP contribution in [0.15, 0.2) is 0 Å². The van der Waals surface area contributed by atoms with E-state index < -0.39 is 24.6 Å². The van der Waals surface area contributed by atoms with Crippen molar-refractivity contribution < 1.29 is 19.8 Å². The van der Waals surface area contributed by atoms with Crippen LogP contribution in [0, 0.1) is 17.8 Å². The van der Waals surface area contributed by atoms with E-state index in [4.69, 9.17) is 10.2 Å². The van der Waals surface area contributed by atoms with Crippen molar-refractivity contribution in [2.75, 3.05) is 20.2 Å². The van der Waals surface area contributed by atoms with Gasteiger partial charge in [-0.2, -0.15) is 0 Å². The first-order chi connectivity index (χ1) is 9.01. The van der Waals surface area contributed by atoms with Crippen LogP contribution >= 0.6 is 0 Å². The Hall–Kier alpha value is -1.30. The van der Waals surface area contributed by atoms with Gasteiger partial charge in [0, 0.05) is 13.6 Å². The van der Waals surface area contributed by atoms with Gasteiger partial charge in [0.25, 0.3) is 0 Å². The average molecular weight is 270 g/mol. The Bertz CT molecular complexity index is 361. The predicted molar refractivity (Wildman–Crippen MR) is 68.6 cm³/mol. The summed E-state index contributed by atoms with van der Waals surface area (Å²) in [6, 6.07) is -1.65. The Kier molecular flexibility index (Phi) is 4.29. The zero-order valence-electron chi connectivity index (χ0n) is 11.2. The molecule has 0 aromatic carbocycles. The zero-order valence-corrected chi connectivity index (χ0v) is 11.2. The number of fused-ring (bicyclic) bond motifs is 2. The highest BCUT2D eigenvalue weighted by atomic mass is 16.4. The molecule has 6 nitrogen and oxygen atoms in total. The minimum Gasteiger partial charge on any atom is -0.480 e. The molecule has 4 atom stereocenters. The van der Waals surface area contributed by atoms with Crippen molar-refractivity contribution in [1.29, 1.82) is 0 Å². The van der Waals surface area contributed by atoms with Crippen LogP contribution in [-0.4, -0.2) is 53.4 Å². The first-order valence-corrected chi connectivity index (χ1v) is 6.86. The van der Waals surface area contributed by atoms with Crippen molar-refractivity contribution >= 4 is 12.0 Å². The second-order valence-electron chi connectivity index (χ2n) is 5.84. The van der Waals surface area contributed by atoms with Gasteiger partial charge in [-0.25, -0.2) is 9.59 Å². The van der Waals surface area contributed by atoms with E-state index in [2.05, 4.69) is 5.32 Å². The SMILES string of the molecule is CN(CC1CC2CCC1C2)C(=O)N[C@@H](CO)C(=O)O. The average Bonchev–Trinajstić information content (AvgIpc) is 2.97. The highest BCUT2D eigenvalue weighted by Crippen LogP contribution is 2.48.